The maximum Gasteiger partial charge on any atom is 0.322 e. The largest absolute Gasteiger partial charge is 0.480 e. The molecule has 0 aliphatic heterocycles. The number of hydrogen-bond acceptors (Lipinski definition) is 4. The molecule has 0 aliphatic carbocycles. The third kappa shape index (κ3) is 33.1. The van der Waals surface area contributed by atoms with Crippen molar-refractivity contribution in [2.75, 3.05) is 6.54 Å². The van der Waals surface area contributed by atoms with Crippen LogP contribution < -0.4 is 5.32 Å². The van der Waals surface area contributed by atoms with E-state index < -0.39 is 5.97 Å². The van der Waals surface area contributed by atoms with Gasteiger partial charge in [-0.2, -0.15) is 0 Å². The summed E-state index contributed by atoms with van der Waals surface area (Å²) < 4.78 is 5.97. The van der Waals surface area contributed by atoms with Gasteiger partial charge in [0.05, 0.1) is 0 Å². The minimum atomic E-state index is -1.01. The van der Waals surface area contributed by atoms with Crippen LogP contribution in [0.15, 0.2) is 0 Å². The molecule has 6 heteroatoms. The highest BCUT2D eigenvalue weighted by Crippen LogP contribution is 2.19. The van der Waals surface area contributed by atoms with Crippen molar-refractivity contribution in [3.63, 3.8) is 0 Å². The molecular weight excluding hydrogens is 538 g/mol. The van der Waals surface area contributed by atoms with Crippen molar-refractivity contribution in [3.05, 3.63) is 0 Å². The van der Waals surface area contributed by atoms with E-state index in [1.54, 1.807) is 0 Å². The highest BCUT2D eigenvalue weighted by atomic mass is 16.5. The zero-order valence-corrected chi connectivity index (χ0v) is 28.6. The zero-order chi connectivity index (χ0) is 31.6. The lowest BCUT2D eigenvalue weighted by Crippen LogP contribution is -2.28. The number of hydrogen-bond donors (Lipinski definition) is 2. The topological polar surface area (TPSA) is 92.7 Å². The van der Waals surface area contributed by atoms with Gasteiger partial charge in [-0.3, -0.25) is 14.4 Å². The van der Waals surface area contributed by atoms with Crippen LogP contribution in [-0.4, -0.2) is 35.6 Å². The fourth-order valence-electron chi connectivity index (χ4n) is 5.75. The van der Waals surface area contributed by atoms with Gasteiger partial charge in [0.15, 0.2) is 0 Å². The van der Waals surface area contributed by atoms with Gasteiger partial charge < -0.3 is 15.2 Å². The number of ether oxygens (including phenoxy) is 1. The van der Waals surface area contributed by atoms with Gasteiger partial charge in [-0.25, -0.2) is 0 Å². The molecule has 1 unspecified atom stereocenters. The number of carbonyl (C=O) groups excluding carboxylic acids is 2. The minimum Gasteiger partial charge on any atom is -0.480 e. The number of carboxylic acids is 1. The predicted molar refractivity (Wildman–Crippen MR) is 180 cm³/mol. The van der Waals surface area contributed by atoms with E-state index in [-0.39, 0.29) is 24.5 Å². The van der Waals surface area contributed by atoms with Crippen LogP contribution in [0.1, 0.15) is 206 Å². The summed E-state index contributed by atoms with van der Waals surface area (Å²) in [7, 11) is 0. The molecule has 1 amide bonds. The van der Waals surface area contributed by atoms with E-state index in [0.717, 1.165) is 64.2 Å². The maximum absolute atomic E-state index is 12.6. The molecule has 0 saturated carbocycles. The summed E-state index contributed by atoms with van der Waals surface area (Å²) in [5.41, 5.74) is 0. The molecule has 43 heavy (non-hydrogen) atoms. The summed E-state index contributed by atoms with van der Waals surface area (Å²) >= 11 is 0. The van der Waals surface area contributed by atoms with Crippen molar-refractivity contribution in [1.29, 1.82) is 0 Å². The lowest BCUT2D eigenvalue weighted by molar-refractivity contribution is -0.150. The van der Waals surface area contributed by atoms with Gasteiger partial charge in [0.2, 0.25) is 5.91 Å². The van der Waals surface area contributed by atoms with Crippen LogP contribution >= 0.6 is 0 Å². The molecule has 2 N–H and O–H groups in total. The van der Waals surface area contributed by atoms with E-state index in [1.165, 1.54) is 116 Å². The van der Waals surface area contributed by atoms with Gasteiger partial charge in [0.1, 0.15) is 12.6 Å². The van der Waals surface area contributed by atoms with Gasteiger partial charge in [0, 0.05) is 12.8 Å². The van der Waals surface area contributed by atoms with E-state index in [0.29, 0.717) is 12.8 Å². The van der Waals surface area contributed by atoms with Crippen molar-refractivity contribution in [3.8, 4) is 0 Å². The smallest absolute Gasteiger partial charge is 0.322 e. The number of carboxylic acid groups (broad SMARTS) is 1. The molecule has 0 rings (SSSR count). The molecular formula is C37H71NO5. The van der Waals surface area contributed by atoms with E-state index in [1.807, 2.05) is 0 Å². The second-order valence-electron chi connectivity index (χ2n) is 12.8. The fourth-order valence-corrected chi connectivity index (χ4v) is 5.75. The van der Waals surface area contributed by atoms with Gasteiger partial charge in [-0.05, 0) is 38.5 Å². The molecule has 0 radical (unpaired) electrons. The van der Waals surface area contributed by atoms with Gasteiger partial charge in [-0.15, -0.1) is 0 Å². The van der Waals surface area contributed by atoms with Gasteiger partial charge in [0.25, 0.3) is 0 Å². The Labute approximate surface area is 266 Å². The zero-order valence-electron chi connectivity index (χ0n) is 28.6. The van der Waals surface area contributed by atoms with E-state index in [9.17, 15) is 14.4 Å². The van der Waals surface area contributed by atoms with Crippen LogP contribution in [-0.2, 0) is 19.1 Å². The van der Waals surface area contributed by atoms with Crippen LogP contribution in [0.5, 0.6) is 0 Å². The third-order valence-corrected chi connectivity index (χ3v) is 8.53. The summed E-state index contributed by atoms with van der Waals surface area (Å²) in [4.78, 5) is 34.8. The quantitative estimate of drug-likeness (QED) is 0.0559. The Balaban J connectivity index is 4.02. The maximum atomic E-state index is 12.6. The predicted octanol–water partition coefficient (Wildman–Crippen LogP) is 10.8. The number of aliphatic carboxylic acids is 1. The minimum absolute atomic E-state index is 0.0146. The van der Waals surface area contributed by atoms with E-state index >= 15 is 0 Å². The van der Waals surface area contributed by atoms with Crippen molar-refractivity contribution < 1.29 is 24.2 Å². The van der Waals surface area contributed by atoms with Crippen LogP contribution in [0, 0.1) is 0 Å². The number of amides is 1. The highest BCUT2D eigenvalue weighted by Gasteiger charge is 2.14. The average molecular weight is 610 g/mol. The molecule has 0 heterocycles. The number of carbonyl (C=O) groups is 3. The Morgan fingerprint density at radius 3 is 1.26 bits per heavy atom. The normalized spacial score (nSPS) is 11.9. The summed E-state index contributed by atoms with van der Waals surface area (Å²) in [6.07, 6.45) is 35.1. The third-order valence-electron chi connectivity index (χ3n) is 8.53. The second-order valence-corrected chi connectivity index (χ2v) is 12.8. The van der Waals surface area contributed by atoms with Crippen molar-refractivity contribution in [2.24, 2.45) is 0 Å². The van der Waals surface area contributed by atoms with E-state index in [4.69, 9.17) is 9.84 Å². The molecule has 0 bridgehead atoms. The Morgan fingerprint density at radius 1 is 0.512 bits per heavy atom. The van der Waals surface area contributed by atoms with Crippen molar-refractivity contribution in [1.82, 2.24) is 5.32 Å². The van der Waals surface area contributed by atoms with Crippen LogP contribution in [0.25, 0.3) is 0 Å². The average Bonchev–Trinajstić information content (AvgIpc) is 2.99. The molecule has 0 fully saturated rings. The van der Waals surface area contributed by atoms with Crippen LogP contribution in [0.4, 0.5) is 0 Å². The van der Waals surface area contributed by atoms with E-state index in [2.05, 4.69) is 19.2 Å². The second kappa shape index (κ2) is 33.3. The molecule has 6 nitrogen and oxygen atoms in total. The Hall–Kier alpha value is -1.59. The molecule has 1 atom stereocenters. The number of nitrogens with one attached hydrogen (secondary N) is 1. The lowest BCUT2D eigenvalue weighted by atomic mass is 10.0. The SMILES string of the molecule is CCCCCCCCCCCCCCCCC(=O)OC(CCCCCCCCC)CCCCCCCC(=O)NCC(=O)O. The van der Waals surface area contributed by atoms with Crippen LogP contribution in [0.2, 0.25) is 0 Å². The molecule has 0 saturated heterocycles. The van der Waals surface area contributed by atoms with Gasteiger partial charge >= 0.3 is 11.9 Å². The first kappa shape index (κ1) is 41.4. The van der Waals surface area contributed by atoms with Crippen LogP contribution in [0.3, 0.4) is 0 Å². The number of rotatable bonds is 34. The Morgan fingerprint density at radius 2 is 0.860 bits per heavy atom. The molecule has 254 valence electrons. The molecule has 0 spiro atoms. The standard InChI is InChI=1S/C37H71NO5/c1-3-5-7-9-11-12-13-14-15-16-17-19-24-28-32-37(42)43-34(29-25-21-18-10-8-6-4-2)30-26-22-20-23-27-31-35(39)38-33-36(40)41/h34H,3-33H2,1-2H3,(H,38,39)(H,40,41). The first-order chi connectivity index (χ1) is 21.0. The molecule has 0 aromatic heterocycles. The number of esters is 1. The molecule has 0 aromatic rings. The first-order valence-corrected chi connectivity index (χ1v) is 18.7. The van der Waals surface area contributed by atoms with Gasteiger partial charge in [-0.1, -0.05) is 155 Å². The molecule has 0 aliphatic rings. The first-order valence-electron chi connectivity index (χ1n) is 18.7. The summed E-state index contributed by atoms with van der Waals surface area (Å²) in [6.45, 7) is 4.21. The summed E-state index contributed by atoms with van der Waals surface area (Å²) in [5, 5.41) is 11.0. The Kier molecular flexibility index (Phi) is 32.1. The highest BCUT2D eigenvalue weighted by molar-refractivity contribution is 5.80. The lowest BCUT2D eigenvalue weighted by Gasteiger charge is -2.18. The number of unbranched alkanes of at least 4 members (excludes halogenated alkanes) is 23. The van der Waals surface area contributed by atoms with Crippen molar-refractivity contribution in [2.45, 2.75) is 213 Å². The Bertz CT molecular complexity index is 638. The fraction of sp³-hybridized carbons (Fsp3) is 0.919. The summed E-state index contributed by atoms with van der Waals surface area (Å²) in [5.74, 6) is -1.22. The monoisotopic (exact) mass is 610 g/mol. The molecule has 0 aromatic carbocycles. The van der Waals surface area contributed by atoms with Crippen molar-refractivity contribution >= 4 is 17.8 Å². The summed E-state index contributed by atoms with van der Waals surface area (Å²) in [6, 6.07) is 0.